The van der Waals surface area contributed by atoms with Crippen LogP contribution in [0.1, 0.15) is 31.4 Å². The van der Waals surface area contributed by atoms with Gasteiger partial charge in [-0.3, -0.25) is 5.32 Å². The zero-order valence-corrected chi connectivity index (χ0v) is 11.2. The van der Waals surface area contributed by atoms with Crippen LogP contribution in [0.15, 0.2) is 42.5 Å². The van der Waals surface area contributed by atoms with Gasteiger partial charge in [0.1, 0.15) is 5.54 Å². The second kappa shape index (κ2) is 4.48. The zero-order chi connectivity index (χ0) is 14.4. The Morgan fingerprint density at radius 2 is 1.70 bits per heavy atom. The molecule has 0 amide bonds. The van der Waals surface area contributed by atoms with E-state index < -0.39 is 11.7 Å². The minimum atomic E-state index is -4.17. The van der Waals surface area contributed by atoms with Gasteiger partial charge >= 0.3 is 6.18 Å². The van der Waals surface area contributed by atoms with Crippen molar-refractivity contribution >= 4 is 10.8 Å². The van der Waals surface area contributed by atoms with Gasteiger partial charge in [-0.1, -0.05) is 36.4 Å². The molecule has 3 rings (SSSR count). The lowest BCUT2D eigenvalue weighted by molar-refractivity contribution is -0.167. The fourth-order valence-electron chi connectivity index (χ4n) is 2.61. The molecular formula is C16H16F3N. The molecule has 0 saturated heterocycles. The van der Waals surface area contributed by atoms with Gasteiger partial charge in [-0.2, -0.15) is 13.2 Å². The molecule has 0 bridgehead atoms. The summed E-state index contributed by atoms with van der Waals surface area (Å²) >= 11 is 0. The van der Waals surface area contributed by atoms with Gasteiger partial charge in [0.15, 0.2) is 0 Å². The summed E-state index contributed by atoms with van der Waals surface area (Å²) in [6, 6.07) is 13.3. The maximum Gasteiger partial charge on any atom is 0.406 e. The number of hydrogen-bond acceptors (Lipinski definition) is 1. The summed E-state index contributed by atoms with van der Waals surface area (Å²) in [5.41, 5.74) is -0.780. The first-order chi connectivity index (χ1) is 9.41. The molecule has 1 nitrogen and oxygen atoms in total. The molecule has 0 heterocycles. The highest BCUT2D eigenvalue weighted by atomic mass is 19.4. The van der Waals surface area contributed by atoms with Crippen LogP contribution in [0.5, 0.6) is 0 Å². The molecule has 1 aliphatic rings. The fraction of sp³-hybridized carbons (Fsp3) is 0.375. The number of rotatable bonds is 3. The van der Waals surface area contributed by atoms with Crippen molar-refractivity contribution in [1.29, 1.82) is 0 Å². The average molecular weight is 279 g/mol. The van der Waals surface area contributed by atoms with Crippen molar-refractivity contribution in [2.75, 3.05) is 0 Å². The number of alkyl halides is 3. The molecular weight excluding hydrogens is 263 g/mol. The molecule has 106 valence electrons. The Labute approximate surface area is 115 Å². The summed E-state index contributed by atoms with van der Waals surface area (Å²) < 4.78 is 38.9. The first-order valence-corrected chi connectivity index (χ1v) is 6.74. The van der Waals surface area contributed by atoms with Gasteiger partial charge in [0.25, 0.3) is 0 Å². The maximum atomic E-state index is 13.0. The summed E-state index contributed by atoms with van der Waals surface area (Å²) in [6.07, 6.45) is -3.82. The molecule has 1 atom stereocenters. The van der Waals surface area contributed by atoms with Crippen LogP contribution in [0.25, 0.3) is 10.8 Å². The number of halogens is 3. The Kier molecular flexibility index (Phi) is 3.01. The van der Waals surface area contributed by atoms with Crippen molar-refractivity contribution in [3.63, 3.8) is 0 Å². The van der Waals surface area contributed by atoms with Gasteiger partial charge in [-0.25, -0.2) is 0 Å². The van der Waals surface area contributed by atoms with Crippen LogP contribution < -0.4 is 5.32 Å². The van der Waals surface area contributed by atoms with Crippen LogP contribution in [0.4, 0.5) is 13.2 Å². The summed E-state index contributed by atoms with van der Waals surface area (Å²) in [6.45, 7) is 1.79. The SMILES string of the molecule is CC(NC1(C(F)(F)F)CC1)c1ccc2ccccc2c1. The lowest BCUT2D eigenvalue weighted by Crippen LogP contribution is -2.45. The van der Waals surface area contributed by atoms with E-state index in [4.69, 9.17) is 0 Å². The third-order valence-corrected chi connectivity index (χ3v) is 4.06. The fourth-order valence-corrected chi connectivity index (χ4v) is 2.61. The highest BCUT2D eigenvalue weighted by Gasteiger charge is 2.63. The highest BCUT2D eigenvalue weighted by molar-refractivity contribution is 5.83. The third-order valence-electron chi connectivity index (χ3n) is 4.06. The normalized spacial score (nSPS) is 19.0. The summed E-state index contributed by atoms with van der Waals surface area (Å²) in [7, 11) is 0. The van der Waals surface area contributed by atoms with Crippen molar-refractivity contribution in [2.45, 2.75) is 37.5 Å². The van der Waals surface area contributed by atoms with Crippen molar-refractivity contribution in [2.24, 2.45) is 0 Å². The van der Waals surface area contributed by atoms with Crippen molar-refractivity contribution < 1.29 is 13.2 Å². The molecule has 0 aromatic heterocycles. The molecule has 4 heteroatoms. The van der Waals surface area contributed by atoms with Crippen LogP contribution in [-0.2, 0) is 0 Å². The third kappa shape index (κ3) is 2.29. The average Bonchev–Trinajstić information content (AvgIpc) is 3.18. The molecule has 20 heavy (non-hydrogen) atoms. The van der Waals surface area contributed by atoms with Crippen molar-refractivity contribution in [3.05, 3.63) is 48.0 Å². The summed E-state index contributed by atoms with van der Waals surface area (Å²) in [5.74, 6) is 0. The van der Waals surface area contributed by atoms with Crippen LogP contribution in [0.2, 0.25) is 0 Å². The Morgan fingerprint density at radius 1 is 1.05 bits per heavy atom. The van der Waals surface area contributed by atoms with E-state index in [1.54, 1.807) is 6.92 Å². The second-order valence-electron chi connectivity index (χ2n) is 5.55. The Hall–Kier alpha value is -1.55. The number of fused-ring (bicyclic) bond motifs is 1. The summed E-state index contributed by atoms with van der Waals surface area (Å²) in [4.78, 5) is 0. The second-order valence-corrected chi connectivity index (χ2v) is 5.55. The van der Waals surface area contributed by atoms with Crippen LogP contribution in [0.3, 0.4) is 0 Å². The van der Waals surface area contributed by atoms with Crippen LogP contribution in [0, 0.1) is 0 Å². The predicted molar refractivity (Wildman–Crippen MR) is 73.5 cm³/mol. The smallest absolute Gasteiger partial charge is 0.297 e. The first kappa shape index (κ1) is 13.4. The van der Waals surface area contributed by atoms with E-state index in [1.807, 2.05) is 42.5 Å². The molecule has 0 aliphatic heterocycles. The Balaban J connectivity index is 1.84. The molecule has 1 N–H and O–H groups in total. The zero-order valence-electron chi connectivity index (χ0n) is 11.2. The molecule has 2 aromatic carbocycles. The molecule has 2 aromatic rings. The van der Waals surface area contributed by atoms with E-state index in [-0.39, 0.29) is 18.9 Å². The highest BCUT2D eigenvalue weighted by Crippen LogP contribution is 2.50. The Morgan fingerprint density at radius 3 is 2.30 bits per heavy atom. The number of nitrogens with one attached hydrogen (secondary N) is 1. The largest absolute Gasteiger partial charge is 0.406 e. The number of hydrogen-bond donors (Lipinski definition) is 1. The van der Waals surface area contributed by atoms with E-state index in [0.717, 1.165) is 16.3 Å². The van der Waals surface area contributed by atoms with E-state index >= 15 is 0 Å². The minimum Gasteiger partial charge on any atom is -0.297 e. The number of benzene rings is 2. The molecule has 0 radical (unpaired) electrons. The van der Waals surface area contributed by atoms with Crippen LogP contribution >= 0.6 is 0 Å². The standard InChI is InChI=1S/C16H16F3N/c1-11(20-15(8-9-15)16(17,18)19)13-7-6-12-4-2-3-5-14(12)10-13/h2-7,10-11,20H,8-9H2,1H3. The molecule has 1 saturated carbocycles. The lowest BCUT2D eigenvalue weighted by Gasteiger charge is -2.25. The maximum absolute atomic E-state index is 13.0. The van der Waals surface area contributed by atoms with Gasteiger partial charge in [0, 0.05) is 6.04 Å². The molecule has 1 aliphatic carbocycles. The monoisotopic (exact) mass is 279 g/mol. The predicted octanol–water partition coefficient (Wildman–Crippen LogP) is 4.59. The van der Waals surface area contributed by atoms with Gasteiger partial charge in [-0.15, -0.1) is 0 Å². The van der Waals surface area contributed by atoms with Crippen LogP contribution in [-0.4, -0.2) is 11.7 Å². The lowest BCUT2D eigenvalue weighted by atomic mass is 10.0. The Bertz CT molecular complexity index is 629. The van der Waals surface area contributed by atoms with Gasteiger partial charge < -0.3 is 0 Å². The first-order valence-electron chi connectivity index (χ1n) is 6.74. The molecule has 1 unspecified atom stereocenters. The van der Waals surface area contributed by atoms with Gasteiger partial charge in [-0.05, 0) is 42.2 Å². The van der Waals surface area contributed by atoms with Gasteiger partial charge in [0.05, 0.1) is 0 Å². The minimum absolute atomic E-state index is 0.175. The molecule has 1 fully saturated rings. The molecule has 0 spiro atoms. The topological polar surface area (TPSA) is 12.0 Å². The summed E-state index contributed by atoms with van der Waals surface area (Å²) in [5, 5.41) is 4.91. The van der Waals surface area contributed by atoms with E-state index in [0.29, 0.717) is 0 Å². The quantitative estimate of drug-likeness (QED) is 0.866. The van der Waals surface area contributed by atoms with E-state index in [2.05, 4.69) is 5.32 Å². The van der Waals surface area contributed by atoms with E-state index in [9.17, 15) is 13.2 Å². The van der Waals surface area contributed by atoms with Crippen molar-refractivity contribution in [1.82, 2.24) is 5.32 Å². The van der Waals surface area contributed by atoms with Crippen molar-refractivity contribution in [3.8, 4) is 0 Å². The van der Waals surface area contributed by atoms with E-state index in [1.165, 1.54) is 0 Å². The van der Waals surface area contributed by atoms with Gasteiger partial charge in [0.2, 0.25) is 0 Å².